The van der Waals surface area contributed by atoms with Gasteiger partial charge >= 0.3 is 0 Å². The molecule has 0 spiro atoms. The molecule has 134 valence electrons. The third-order valence-electron chi connectivity index (χ3n) is 5.28. The van der Waals surface area contributed by atoms with Crippen molar-refractivity contribution in [2.45, 2.75) is 19.3 Å². The minimum atomic E-state index is -0.505. The maximum Gasteiger partial charge on any atom is 0.250 e. The fourth-order valence-corrected chi connectivity index (χ4v) is 4.09. The van der Waals surface area contributed by atoms with Crippen molar-refractivity contribution in [2.75, 3.05) is 18.0 Å². The zero-order valence-electron chi connectivity index (χ0n) is 14.5. The average Bonchev–Trinajstić information content (AvgIpc) is 3.05. The molecule has 0 unspecified atom stereocenters. The predicted octanol–water partition coefficient (Wildman–Crippen LogP) is 4.38. The molecule has 0 atom stereocenters. The van der Waals surface area contributed by atoms with Crippen LogP contribution in [-0.4, -0.2) is 24.0 Å². The molecule has 1 amide bonds. The fraction of sp³-hybridized carbons (Fsp3) is 0.286. The van der Waals surface area contributed by atoms with Crippen molar-refractivity contribution in [1.29, 1.82) is 0 Å². The van der Waals surface area contributed by atoms with E-state index in [1.165, 1.54) is 18.4 Å². The molecule has 1 aliphatic heterocycles. The number of amides is 1. The van der Waals surface area contributed by atoms with Crippen molar-refractivity contribution in [3.8, 4) is 0 Å². The van der Waals surface area contributed by atoms with Crippen LogP contribution in [-0.2, 0) is 6.42 Å². The molecule has 0 aliphatic carbocycles. The predicted molar refractivity (Wildman–Crippen MR) is 107 cm³/mol. The summed E-state index contributed by atoms with van der Waals surface area (Å²) in [5, 5.41) is 1.40. The SMILES string of the molecule is NC(=O)c1cc2[nH]c(N3CCC(Cc4ccccc4)CC3)cc2cc1Cl. The Morgan fingerprint density at radius 3 is 2.58 bits per heavy atom. The highest BCUT2D eigenvalue weighted by Crippen LogP contribution is 2.30. The lowest BCUT2D eigenvalue weighted by molar-refractivity contribution is 0.100. The summed E-state index contributed by atoms with van der Waals surface area (Å²) in [5.41, 5.74) is 8.06. The van der Waals surface area contributed by atoms with Crippen molar-refractivity contribution >= 4 is 34.2 Å². The minimum Gasteiger partial charge on any atom is -0.366 e. The Balaban J connectivity index is 1.46. The Morgan fingerprint density at radius 1 is 1.15 bits per heavy atom. The van der Waals surface area contributed by atoms with Crippen molar-refractivity contribution < 1.29 is 4.79 Å². The number of piperidine rings is 1. The van der Waals surface area contributed by atoms with Crippen LogP contribution >= 0.6 is 11.6 Å². The molecule has 1 fully saturated rings. The van der Waals surface area contributed by atoms with Crippen LogP contribution in [0.2, 0.25) is 5.02 Å². The van der Waals surface area contributed by atoms with Gasteiger partial charge in [0.15, 0.2) is 0 Å². The lowest BCUT2D eigenvalue weighted by Gasteiger charge is -2.32. The summed E-state index contributed by atoms with van der Waals surface area (Å²) in [4.78, 5) is 17.3. The van der Waals surface area contributed by atoms with E-state index in [0.717, 1.165) is 42.1 Å². The van der Waals surface area contributed by atoms with Crippen LogP contribution in [0.4, 0.5) is 5.82 Å². The van der Waals surface area contributed by atoms with Gasteiger partial charge in [0.2, 0.25) is 5.91 Å². The Morgan fingerprint density at radius 2 is 1.88 bits per heavy atom. The van der Waals surface area contributed by atoms with Gasteiger partial charge < -0.3 is 15.6 Å². The average molecular weight is 368 g/mol. The van der Waals surface area contributed by atoms with Crippen LogP contribution in [0.15, 0.2) is 48.5 Å². The highest BCUT2D eigenvalue weighted by molar-refractivity contribution is 6.34. The first-order chi connectivity index (χ1) is 12.6. The second-order valence-corrected chi connectivity index (χ2v) is 7.47. The number of aromatic nitrogens is 1. The smallest absolute Gasteiger partial charge is 0.250 e. The summed E-state index contributed by atoms with van der Waals surface area (Å²) < 4.78 is 0. The van der Waals surface area contributed by atoms with Crippen molar-refractivity contribution in [3.63, 3.8) is 0 Å². The molecular formula is C21H22ClN3O. The van der Waals surface area contributed by atoms with Crippen LogP contribution in [0.1, 0.15) is 28.8 Å². The highest BCUT2D eigenvalue weighted by Gasteiger charge is 2.21. The van der Waals surface area contributed by atoms with E-state index < -0.39 is 5.91 Å². The van der Waals surface area contributed by atoms with Gasteiger partial charge in [-0.3, -0.25) is 4.79 Å². The molecule has 0 bridgehead atoms. The molecule has 5 heteroatoms. The number of carbonyl (C=O) groups excluding carboxylic acids is 1. The van der Waals surface area contributed by atoms with E-state index >= 15 is 0 Å². The second kappa shape index (κ2) is 7.04. The standard InChI is InChI=1S/C21H22ClN3O/c22-18-11-16-12-20(24-19(16)13-17(18)21(23)26)25-8-6-15(7-9-25)10-14-4-2-1-3-5-14/h1-5,11-13,15,24H,6-10H2,(H2,23,26). The third-order valence-corrected chi connectivity index (χ3v) is 5.59. The summed E-state index contributed by atoms with van der Waals surface area (Å²) in [6.45, 7) is 2.06. The van der Waals surface area contributed by atoms with Gasteiger partial charge in [-0.2, -0.15) is 0 Å². The van der Waals surface area contributed by atoms with Crippen LogP contribution in [0.5, 0.6) is 0 Å². The number of carbonyl (C=O) groups is 1. The number of primary amides is 1. The van der Waals surface area contributed by atoms with Gasteiger partial charge in [0.1, 0.15) is 5.82 Å². The minimum absolute atomic E-state index is 0.356. The molecule has 4 rings (SSSR count). The van der Waals surface area contributed by atoms with Crippen LogP contribution < -0.4 is 10.6 Å². The van der Waals surface area contributed by atoms with Crippen LogP contribution in [0.3, 0.4) is 0 Å². The van der Waals surface area contributed by atoms with Crippen LogP contribution in [0, 0.1) is 5.92 Å². The van der Waals surface area contributed by atoms with E-state index in [4.69, 9.17) is 17.3 Å². The lowest BCUT2D eigenvalue weighted by atomic mass is 9.90. The molecule has 26 heavy (non-hydrogen) atoms. The van der Waals surface area contributed by atoms with Crippen molar-refractivity contribution in [3.05, 3.63) is 64.7 Å². The van der Waals surface area contributed by atoms with E-state index in [9.17, 15) is 4.79 Å². The number of hydrogen-bond acceptors (Lipinski definition) is 2. The molecule has 4 nitrogen and oxygen atoms in total. The molecule has 1 aromatic heterocycles. The lowest BCUT2D eigenvalue weighted by Crippen LogP contribution is -2.34. The number of anilines is 1. The molecule has 2 heterocycles. The maximum atomic E-state index is 11.5. The third kappa shape index (κ3) is 3.42. The number of H-pyrrole nitrogens is 1. The molecule has 0 radical (unpaired) electrons. The Bertz CT molecular complexity index is 927. The number of nitrogens with two attached hydrogens (primary N) is 1. The fourth-order valence-electron chi connectivity index (χ4n) is 3.82. The normalized spacial score (nSPS) is 15.5. The summed E-state index contributed by atoms with van der Waals surface area (Å²) >= 11 is 6.16. The summed E-state index contributed by atoms with van der Waals surface area (Å²) in [6.07, 6.45) is 3.51. The van der Waals surface area contributed by atoms with Gasteiger partial charge in [-0.25, -0.2) is 0 Å². The van der Waals surface area contributed by atoms with E-state index in [0.29, 0.717) is 10.6 Å². The summed E-state index contributed by atoms with van der Waals surface area (Å²) in [6, 6.07) is 16.4. The number of benzene rings is 2. The van der Waals surface area contributed by atoms with E-state index in [1.54, 1.807) is 12.1 Å². The molecule has 1 aliphatic rings. The highest BCUT2D eigenvalue weighted by atomic mass is 35.5. The first-order valence-corrected chi connectivity index (χ1v) is 9.39. The molecular weight excluding hydrogens is 346 g/mol. The largest absolute Gasteiger partial charge is 0.366 e. The van der Waals surface area contributed by atoms with Crippen molar-refractivity contribution in [1.82, 2.24) is 4.98 Å². The molecule has 3 N–H and O–H groups in total. The monoisotopic (exact) mass is 367 g/mol. The van der Waals surface area contributed by atoms with E-state index in [2.05, 4.69) is 46.3 Å². The summed E-state index contributed by atoms with van der Waals surface area (Å²) in [5.74, 6) is 1.31. The number of fused-ring (bicyclic) bond motifs is 1. The van der Waals surface area contributed by atoms with Gasteiger partial charge in [-0.05, 0) is 48.9 Å². The quantitative estimate of drug-likeness (QED) is 0.718. The Kier molecular flexibility index (Phi) is 4.60. The molecule has 3 aromatic rings. The van der Waals surface area contributed by atoms with E-state index in [-0.39, 0.29) is 0 Å². The number of hydrogen-bond donors (Lipinski definition) is 2. The van der Waals surface area contributed by atoms with Gasteiger partial charge in [0.05, 0.1) is 10.6 Å². The Hall–Kier alpha value is -2.46. The molecule has 0 saturated carbocycles. The zero-order chi connectivity index (χ0) is 18.1. The number of halogens is 1. The van der Waals surface area contributed by atoms with Gasteiger partial charge in [-0.1, -0.05) is 41.9 Å². The van der Waals surface area contributed by atoms with Gasteiger partial charge in [-0.15, -0.1) is 0 Å². The zero-order valence-corrected chi connectivity index (χ0v) is 15.3. The number of nitrogens with zero attached hydrogens (tertiary/aromatic N) is 1. The first-order valence-electron chi connectivity index (χ1n) is 9.01. The van der Waals surface area contributed by atoms with Gasteiger partial charge in [0, 0.05) is 24.0 Å². The molecule has 2 aromatic carbocycles. The summed E-state index contributed by atoms with van der Waals surface area (Å²) in [7, 11) is 0. The topological polar surface area (TPSA) is 62.1 Å². The number of rotatable bonds is 4. The van der Waals surface area contributed by atoms with Crippen molar-refractivity contribution in [2.24, 2.45) is 11.7 Å². The Labute approximate surface area is 157 Å². The number of nitrogens with one attached hydrogen (secondary N) is 1. The number of aromatic amines is 1. The second-order valence-electron chi connectivity index (χ2n) is 7.06. The van der Waals surface area contributed by atoms with E-state index in [1.807, 2.05) is 0 Å². The maximum absolute atomic E-state index is 11.5. The van der Waals surface area contributed by atoms with Gasteiger partial charge in [0.25, 0.3) is 0 Å². The molecule has 1 saturated heterocycles. The van der Waals surface area contributed by atoms with Crippen LogP contribution in [0.25, 0.3) is 10.9 Å². The first kappa shape index (κ1) is 17.0.